The Labute approximate surface area is 147 Å². The second-order valence-corrected chi connectivity index (χ2v) is 5.86. The molecule has 0 aromatic heterocycles. The number of rotatable bonds is 2. The molecule has 0 spiro atoms. The van der Waals surface area contributed by atoms with Crippen LogP contribution in [0, 0.1) is 40.9 Å². The highest BCUT2D eigenvalue weighted by Gasteiger charge is 2.13. The van der Waals surface area contributed by atoms with Crippen LogP contribution in [0.5, 0.6) is 0 Å². The maximum atomic E-state index is 14.6. The van der Waals surface area contributed by atoms with Crippen molar-refractivity contribution in [1.82, 2.24) is 0 Å². The smallest absolute Gasteiger partial charge is 0.194 e. The van der Waals surface area contributed by atoms with E-state index < -0.39 is 29.1 Å². The summed E-state index contributed by atoms with van der Waals surface area (Å²) in [6.07, 6.45) is 1.51. The van der Waals surface area contributed by atoms with Gasteiger partial charge in [0.25, 0.3) is 0 Å². The second kappa shape index (κ2) is 7.17. The van der Waals surface area contributed by atoms with Gasteiger partial charge in [-0.1, -0.05) is 37.3 Å². The minimum absolute atomic E-state index is 0.121. The van der Waals surface area contributed by atoms with Gasteiger partial charge in [-0.05, 0) is 41.6 Å². The summed E-state index contributed by atoms with van der Waals surface area (Å²) in [5.74, 6) is -1.13. The topological polar surface area (TPSA) is 0 Å². The zero-order valence-electron chi connectivity index (χ0n) is 13.8. The molecule has 0 unspecified atom stereocenters. The third-order valence-corrected chi connectivity index (χ3v) is 3.93. The Morgan fingerprint density at radius 2 is 1.46 bits per heavy atom. The van der Waals surface area contributed by atoms with Crippen LogP contribution < -0.4 is 0 Å². The Hall–Kier alpha value is -2.87. The van der Waals surface area contributed by atoms with Crippen LogP contribution in [-0.2, 0) is 6.42 Å². The van der Waals surface area contributed by atoms with Crippen molar-refractivity contribution in [3.8, 4) is 11.8 Å². The predicted octanol–water partition coefficient (Wildman–Crippen LogP) is 5.89. The van der Waals surface area contributed by atoms with Gasteiger partial charge < -0.3 is 0 Å². The van der Waals surface area contributed by atoms with Gasteiger partial charge in [0.2, 0.25) is 0 Å². The molecule has 0 heterocycles. The van der Waals surface area contributed by atoms with Crippen molar-refractivity contribution in [3.63, 3.8) is 0 Å². The summed E-state index contributed by atoms with van der Waals surface area (Å²) in [7, 11) is 0. The van der Waals surface area contributed by atoms with E-state index in [1.165, 1.54) is 18.2 Å². The average Bonchev–Trinajstić information content (AvgIpc) is 2.59. The maximum Gasteiger partial charge on any atom is 0.194 e. The molecule has 0 fully saturated rings. The molecule has 0 bridgehead atoms. The lowest BCUT2D eigenvalue weighted by molar-refractivity contribution is 0.446. The van der Waals surface area contributed by atoms with E-state index in [1.54, 1.807) is 6.07 Å². The molecule has 0 N–H and O–H groups in total. The molecular formula is C21H13F5. The van der Waals surface area contributed by atoms with Crippen LogP contribution in [0.2, 0.25) is 0 Å². The van der Waals surface area contributed by atoms with E-state index >= 15 is 0 Å². The zero-order valence-corrected chi connectivity index (χ0v) is 13.8. The minimum atomic E-state index is -1.60. The SMILES string of the molecule is CCCc1cc(F)c2c(F)c(C#Cc3cc(F)c(F)c(F)c3)ccc2c1. The first kappa shape index (κ1) is 17.9. The summed E-state index contributed by atoms with van der Waals surface area (Å²) in [5, 5.41) is 0.225. The van der Waals surface area contributed by atoms with Gasteiger partial charge in [0, 0.05) is 5.56 Å². The Morgan fingerprint density at radius 1 is 0.769 bits per heavy atom. The number of benzene rings is 3. The zero-order chi connectivity index (χ0) is 18.8. The summed E-state index contributed by atoms with van der Waals surface area (Å²) < 4.78 is 68.3. The van der Waals surface area contributed by atoms with Crippen LogP contribution in [0.4, 0.5) is 22.0 Å². The van der Waals surface area contributed by atoms with Crippen LogP contribution in [-0.4, -0.2) is 0 Å². The van der Waals surface area contributed by atoms with E-state index in [9.17, 15) is 22.0 Å². The maximum absolute atomic E-state index is 14.6. The van der Waals surface area contributed by atoms with Gasteiger partial charge in [-0.15, -0.1) is 0 Å². The first-order valence-corrected chi connectivity index (χ1v) is 7.98. The molecule has 0 saturated heterocycles. The molecule has 0 aliphatic rings. The molecule has 5 heteroatoms. The van der Waals surface area contributed by atoms with Gasteiger partial charge in [0.05, 0.1) is 10.9 Å². The predicted molar refractivity (Wildman–Crippen MR) is 90.2 cm³/mol. The third-order valence-electron chi connectivity index (χ3n) is 3.93. The van der Waals surface area contributed by atoms with Crippen LogP contribution in [0.25, 0.3) is 10.8 Å². The van der Waals surface area contributed by atoms with E-state index in [2.05, 4.69) is 11.8 Å². The molecule has 0 atom stereocenters. The average molecular weight is 360 g/mol. The first-order chi connectivity index (χ1) is 12.4. The number of fused-ring (bicyclic) bond motifs is 1. The van der Waals surface area contributed by atoms with Gasteiger partial charge in [-0.3, -0.25) is 0 Å². The van der Waals surface area contributed by atoms with Crippen molar-refractivity contribution in [2.75, 3.05) is 0 Å². The van der Waals surface area contributed by atoms with Gasteiger partial charge in [-0.25, -0.2) is 22.0 Å². The lowest BCUT2D eigenvalue weighted by Gasteiger charge is -2.07. The number of aryl methyl sites for hydroxylation is 1. The Bertz CT molecular complexity index is 1030. The van der Waals surface area contributed by atoms with Crippen LogP contribution in [0.3, 0.4) is 0 Å². The molecule has 3 rings (SSSR count). The largest absolute Gasteiger partial charge is 0.206 e. The Morgan fingerprint density at radius 3 is 2.12 bits per heavy atom. The van der Waals surface area contributed by atoms with Crippen molar-refractivity contribution in [2.24, 2.45) is 0 Å². The van der Waals surface area contributed by atoms with E-state index in [-0.39, 0.29) is 16.5 Å². The Kier molecular flexibility index (Phi) is 4.94. The number of hydrogen-bond acceptors (Lipinski definition) is 0. The lowest BCUT2D eigenvalue weighted by atomic mass is 10.0. The fourth-order valence-electron chi connectivity index (χ4n) is 2.73. The number of halogens is 5. The van der Waals surface area contributed by atoms with Gasteiger partial charge in [0.1, 0.15) is 11.6 Å². The molecular weight excluding hydrogens is 347 g/mol. The monoisotopic (exact) mass is 360 g/mol. The highest BCUT2D eigenvalue weighted by Crippen LogP contribution is 2.26. The summed E-state index contributed by atoms with van der Waals surface area (Å²) in [4.78, 5) is 0. The van der Waals surface area contributed by atoms with Crippen molar-refractivity contribution in [3.05, 3.63) is 82.2 Å². The highest BCUT2D eigenvalue weighted by atomic mass is 19.2. The highest BCUT2D eigenvalue weighted by molar-refractivity contribution is 5.86. The van der Waals surface area contributed by atoms with Gasteiger partial charge >= 0.3 is 0 Å². The molecule has 0 aliphatic heterocycles. The van der Waals surface area contributed by atoms with E-state index in [0.29, 0.717) is 23.9 Å². The number of hydrogen-bond donors (Lipinski definition) is 0. The summed E-state index contributed by atoms with van der Waals surface area (Å²) in [5.41, 5.74) is 0.498. The summed E-state index contributed by atoms with van der Waals surface area (Å²) in [6.45, 7) is 1.96. The lowest BCUT2D eigenvalue weighted by Crippen LogP contribution is -1.94. The Balaban J connectivity index is 2.06. The van der Waals surface area contributed by atoms with Crippen molar-refractivity contribution in [1.29, 1.82) is 0 Å². The molecule has 3 aromatic rings. The normalized spacial score (nSPS) is 10.7. The first-order valence-electron chi connectivity index (χ1n) is 7.98. The molecule has 26 heavy (non-hydrogen) atoms. The standard InChI is InChI=1S/C21H13F5/c1-2-3-12-8-15-7-6-14(20(25)19(15)16(22)9-12)5-4-13-10-17(23)21(26)18(24)11-13/h6-11H,2-3H2,1H3. The van der Waals surface area contributed by atoms with Crippen LogP contribution >= 0.6 is 0 Å². The minimum Gasteiger partial charge on any atom is -0.206 e. The molecule has 0 nitrogen and oxygen atoms in total. The van der Waals surface area contributed by atoms with Crippen LogP contribution in [0.15, 0.2) is 36.4 Å². The van der Waals surface area contributed by atoms with Crippen molar-refractivity contribution in [2.45, 2.75) is 19.8 Å². The van der Waals surface area contributed by atoms with E-state index in [1.807, 2.05) is 6.92 Å². The van der Waals surface area contributed by atoms with Gasteiger partial charge in [0.15, 0.2) is 17.5 Å². The molecule has 0 aliphatic carbocycles. The fourth-order valence-corrected chi connectivity index (χ4v) is 2.73. The summed E-state index contributed by atoms with van der Waals surface area (Å²) >= 11 is 0. The molecule has 132 valence electrons. The van der Waals surface area contributed by atoms with Crippen molar-refractivity contribution < 1.29 is 22.0 Å². The van der Waals surface area contributed by atoms with Gasteiger partial charge in [-0.2, -0.15) is 0 Å². The summed E-state index contributed by atoms with van der Waals surface area (Å²) in [6, 6.07) is 7.33. The fraction of sp³-hybridized carbons (Fsp3) is 0.143. The molecule has 3 aromatic carbocycles. The molecule has 0 radical (unpaired) electrons. The second-order valence-electron chi connectivity index (χ2n) is 5.86. The van der Waals surface area contributed by atoms with E-state index in [0.717, 1.165) is 12.0 Å². The molecule has 0 amide bonds. The van der Waals surface area contributed by atoms with Crippen molar-refractivity contribution >= 4 is 10.8 Å². The third kappa shape index (κ3) is 3.41. The molecule has 0 saturated carbocycles. The quantitative estimate of drug-likeness (QED) is 0.304. The van der Waals surface area contributed by atoms with Crippen LogP contribution in [0.1, 0.15) is 30.0 Å². The van der Waals surface area contributed by atoms with E-state index in [4.69, 9.17) is 0 Å².